The lowest BCUT2D eigenvalue weighted by atomic mass is 9.86. The number of aromatic hydroxyl groups is 1. The van der Waals surface area contributed by atoms with Gasteiger partial charge in [-0.3, -0.25) is 4.68 Å². The number of carboxylic acid groups (broad SMARTS) is 2. The van der Waals surface area contributed by atoms with Crippen molar-refractivity contribution in [3.05, 3.63) is 58.2 Å². The number of nitrogens with zero attached hydrogens (tertiary/aromatic N) is 2. The van der Waals surface area contributed by atoms with Gasteiger partial charge in [-0.2, -0.15) is 18.3 Å². The number of benzene rings is 2. The molecule has 1 heterocycles. The summed E-state index contributed by atoms with van der Waals surface area (Å²) in [6.07, 6.45) is -3.21. The van der Waals surface area contributed by atoms with Crippen LogP contribution in [0.15, 0.2) is 36.4 Å². The third kappa shape index (κ3) is 5.75. The predicted octanol–water partition coefficient (Wildman–Crippen LogP) is 4.36. The highest BCUT2D eigenvalue weighted by atomic mass is 35.5. The van der Waals surface area contributed by atoms with Gasteiger partial charge in [-0.25, -0.2) is 9.59 Å². The highest BCUT2D eigenvalue weighted by Crippen LogP contribution is 2.41. The molecule has 8 nitrogen and oxygen atoms in total. The topological polar surface area (TPSA) is 139 Å². The van der Waals surface area contributed by atoms with Crippen LogP contribution in [-0.4, -0.2) is 49.8 Å². The van der Waals surface area contributed by atoms with E-state index in [2.05, 4.69) is 5.10 Å². The van der Waals surface area contributed by atoms with E-state index in [9.17, 15) is 28.2 Å². The summed E-state index contributed by atoms with van der Waals surface area (Å²) >= 11 is 6.11. The van der Waals surface area contributed by atoms with E-state index in [1.807, 2.05) is 18.2 Å². The molecular weight excluding hydrogens is 491 g/mol. The van der Waals surface area contributed by atoms with Crippen LogP contribution in [0.5, 0.6) is 5.75 Å². The molecule has 0 aliphatic heterocycles. The van der Waals surface area contributed by atoms with Crippen molar-refractivity contribution in [2.24, 2.45) is 5.73 Å². The maximum absolute atomic E-state index is 11.9. The maximum atomic E-state index is 11.9. The summed E-state index contributed by atoms with van der Waals surface area (Å²) in [6, 6.07) is 10.9. The summed E-state index contributed by atoms with van der Waals surface area (Å²) in [5, 5.41) is 32.6. The molecule has 0 saturated carbocycles. The number of carbonyl (C=O) groups is 2. The summed E-state index contributed by atoms with van der Waals surface area (Å²) in [4.78, 5) is 20.8. The van der Waals surface area contributed by atoms with E-state index in [-0.39, 0.29) is 11.4 Å². The number of aliphatic carboxylic acids is 1. The van der Waals surface area contributed by atoms with Crippen LogP contribution in [-0.2, 0) is 24.2 Å². The Labute approximate surface area is 202 Å². The van der Waals surface area contributed by atoms with Crippen LogP contribution in [0.1, 0.15) is 28.0 Å². The fourth-order valence-electron chi connectivity index (χ4n) is 3.80. The number of phenolic OH excluding ortho intramolecular Hbond substituents is 1. The number of hydrogen-bond acceptors (Lipinski definition) is 5. The van der Waals surface area contributed by atoms with Crippen LogP contribution >= 0.6 is 11.6 Å². The number of carboxylic acids is 2. The highest BCUT2D eigenvalue weighted by molar-refractivity contribution is 6.30. The largest absolute Gasteiger partial charge is 0.507 e. The normalized spacial score (nSPS) is 12.3. The van der Waals surface area contributed by atoms with Gasteiger partial charge in [-0.15, -0.1) is 0 Å². The second-order valence-corrected chi connectivity index (χ2v) is 8.12. The zero-order valence-corrected chi connectivity index (χ0v) is 18.9. The summed E-state index contributed by atoms with van der Waals surface area (Å²) in [6.45, 7) is 0.923. The minimum Gasteiger partial charge on any atom is -0.507 e. The Bertz CT molecular complexity index is 1270. The number of phenols is 1. The van der Waals surface area contributed by atoms with Gasteiger partial charge >= 0.3 is 18.1 Å². The van der Waals surface area contributed by atoms with Crippen LogP contribution in [0.25, 0.3) is 22.4 Å². The molecule has 12 heteroatoms. The molecule has 0 spiro atoms. The zero-order valence-electron chi connectivity index (χ0n) is 18.1. The van der Waals surface area contributed by atoms with Gasteiger partial charge < -0.3 is 21.1 Å². The van der Waals surface area contributed by atoms with Crippen molar-refractivity contribution < 1.29 is 38.1 Å². The van der Waals surface area contributed by atoms with E-state index in [0.717, 1.165) is 22.3 Å². The molecule has 1 aliphatic carbocycles. The second-order valence-electron chi connectivity index (χ2n) is 7.69. The molecule has 0 amide bonds. The summed E-state index contributed by atoms with van der Waals surface area (Å²) < 4.78 is 33.3. The molecule has 5 N–H and O–H groups in total. The van der Waals surface area contributed by atoms with Gasteiger partial charge in [0, 0.05) is 28.3 Å². The van der Waals surface area contributed by atoms with Crippen molar-refractivity contribution in [1.82, 2.24) is 9.78 Å². The molecule has 0 bridgehead atoms. The van der Waals surface area contributed by atoms with Gasteiger partial charge in [0.25, 0.3) is 0 Å². The molecule has 1 aliphatic rings. The number of hydrogen-bond donors (Lipinski definition) is 4. The lowest BCUT2D eigenvalue weighted by molar-refractivity contribution is -0.192. The first kappa shape index (κ1) is 26.0. The van der Waals surface area contributed by atoms with Crippen LogP contribution in [0.2, 0.25) is 5.02 Å². The predicted molar refractivity (Wildman–Crippen MR) is 122 cm³/mol. The molecule has 1 aromatic heterocycles. The number of alkyl halides is 3. The third-order valence-electron chi connectivity index (χ3n) is 5.33. The Morgan fingerprint density at radius 1 is 1.11 bits per heavy atom. The number of aromatic nitrogens is 2. The van der Waals surface area contributed by atoms with E-state index in [0.29, 0.717) is 48.6 Å². The number of aromatic carboxylic acids is 1. The first-order chi connectivity index (χ1) is 16.4. The molecule has 0 radical (unpaired) electrons. The molecule has 0 unspecified atom stereocenters. The van der Waals surface area contributed by atoms with Crippen LogP contribution in [0, 0.1) is 0 Å². The van der Waals surface area contributed by atoms with Gasteiger partial charge in [0.05, 0.1) is 5.69 Å². The van der Waals surface area contributed by atoms with Crippen molar-refractivity contribution in [2.75, 3.05) is 6.54 Å². The van der Waals surface area contributed by atoms with E-state index in [1.54, 1.807) is 22.9 Å². The van der Waals surface area contributed by atoms with Crippen LogP contribution < -0.4 is 5.73 Å². The minimum absolute atomic E-state index is 0.172. The fraction of sp³-hybridized carbons (Fsp3) is 0.261. The molecule has 2 aromatic carbocycles. The number of aryl methyl sites for hydroxylation is 2. The fourth-order valence-corrected chi connectivity index (χ4v) is 3.99. The molecule has 0 fully saturated rings. The average molecular weight is 512 g/mol. The standard InChI is InChI=1S/C21H20ClN3O3.C2HF3O2/c22-14-4-1-3-12(9-14)16-11-17-13(10-18(16)26)5-6-15-19(17)24-25(8-2-7-23)20(15)21(27)28;3-2(4,5)1(6)7/h1,3-4,9-11,26H,2,5-8,23H2,(H,27,28);(H,6,7). The first-order valence-corrected chi connectivity index (χ1v) is 10.8. The summed E-state index contributed by atoms with van der Waals surface area (Å²) in [5.74, 6) is -3.57. The van der Waals surface area contributed by atoms with E-state index in [4.69, 9.17) is 27.2 Å². The summed E-state index contributed by atoms with van der Waals surface area (Å²) in [7, 11) is 0. The lowest BCUT2D eigenvalue weighted by Gasteiger charge is -2.18. The van der Waals surface area contributed by atoms with E-state index in [1.165, 1.54) is 0 Å². The number of fused-ring (bicyclic) bond motifs is 3. The van der Waals surface area contributed by atoms with Crippen molar-refractivity contribution >= 4 is 23.5 Å². The third-order valence-corrected chi connectivity index (χ3v) is 5.56. The van der Waals surface area contributed by atoms with Gasteiger partial charge in [-0.05, 0) is 61.2 Å². The molecule has 4 rings (SSSR count). The van der Waals surface area contributed by atoms with Crippen molar-refractivity contribution in [1.29, 1.82) is 0 Å². The molecular formula is C23H21ClF3N3O5. The van der Waals surface area contributed by atoms with Gasteiger partial charge in [-0.1, -0.05) is 23.7 Å². The second kappa shape index (κ2) is 10.4. The zero-order chi connectivity index (χ0) is 25.9. The Morgan fingerprint density at radius 3 is 2.37 bits per heavy atom. The Balaban J connectivity index is 0.000000429. The van der Waals surface area contributed by atoms with Crippen LogP contribution in [0.4, 0.5) is 13.2 Å². The van der Waals surface area contributed by atoms with Gasteiger partial charge in [0.1, 0.15) is 11.4 Å². The first-order valence-electron chi connectivity index (χ1n) is 10.4. The van der Waals surface area contributed by atoms with Gasteiger partial charge in [0.15, 0.2) is 0 Å². The monoisotopic (exact) mass is 511 g/mol. The SMILES string of the molecule is NCCCn1nc2c(c1C(=O)O)CCc1cc(O)c(-c3cccc(Cl)c3)cc1-2.O=C(O)C(F)(F)F. The quantitative estimate of drug-likeness (QED) is 0.399. The van der Waals surface area contributed by atoms with Crippen molar-refractivity contribution in [3.63, 3.8) is 0 Å². The van der Waals surface area contributed by atoms with Crippen LogP contribution in [0.3, 0.4) is 0 Å². The highest BCUT2D eigenvalue weighted by Gasteiger charge is 2.38. The molecule has 0 atom stereocenters. The average Bonchev–Trinajstić information content (AvgIpc) is 3.16. The van der Waals surface area contributed by atoms with E-state index >= 15 is 0 Å². The summed E-state index contributed by atoms with van der Waals surface area (Å²) in [5.41, 5.74) is 10.5. The molecule has 35 heavy (non-hydrogen) atoms. The Kier molecular flexibility index (Phi) is 7.71. The number of halogens is 4. The van der Waals surface area contributed by atoms with E-state index < -0.39 is 18.1 Å². The smallest absolute Gasteiger partial charge is 0.490 e. The van der Waals surface area contributed by atoms with Crippen molar-refractivity contribution in [3.8, 4) is 28.1 Å². The Morgan fingerprint density at radius 2 is 1.80 bits per heavy atom. The molecule has 0 saturated heterocycles. The van der Waals surface area contributed by atoms with Crippen molar-refractivity contribution in [2.45, 2.75) is 32.0 Å². The number of nitrogens with two attached hydrogens (primary N) is 1. The Hall–Kier alpha value is -3.57. The maximum Gasteiger partial charge on any atom is 0.490 e. The molecule has 186 valence electrons. The minimum atomic E-state index is -5.08. The van der Waals surface area contributed by atoms with Gasteiger partial charge in [0.2, 0.25) is 0 Å². The number of rotatable bonds is 5. The lowest BCUT2D eigenvalue weighted by Crippen LogP contribution is -2.21. The molecule has 3 aromatic rings.